The Hall–Kier alpha value is -1.81. The molecule has 0 aliphatic carbocycles. The summed E-state index contributed by atoms with van der Waals surface area (Å²) in [6, 6.07) is 9.63. The third kappa shape index (κ3) is 3.83. The lowest BCUT2D eigenvalue weighted by atomic mass is 10.1. The van der Waals surface area contributed by atoms with Gasteiger partial charge in [0.2, 0.25) is 5.88 Å². The highest BCUT2D eigenvalue weighted by Crippen LogP contribution is 2.21. The van der Waals surface area contributed by atoms with Crippen LogP contribution in [-0.2, 0) is 0 Å². The molecule has 5 heteroatoms. The summed E-state index contributed by atoms with van der Waals surface area (Å²) in [5, 5.41) is 4.02. The van der Waals surface area contributed by atoms with Crippen LogP contribution in [0, 0.1) is 0 Å². The maximum Gasteiger partial charge on any atom is 0.218 e. The van der Waals surface area contributed by atoms with Crippen molar-refractivity contribution in [3.63, 3.8) is 0 Å². The van der Waals surface area contributed by atoms with E-state index in [1.165, 1.54) is 6.33 Å². The number of ether oxygens (including phenoxy) is 1. The number of nitrogens with one attached hydrogen (secondary N) is 1. The summed E-state index contributed by atoms with van der Waals surface area (Å²) < 4.78 is 5.34. The average molecular weight is 278 g/mol. The predicted octanol–water partition coefficient (Wildman–Crippen LogP) is 3.70. The molecule has 0 amide bonds. The van der Waals surface area contributed by atoms with Crippen molar-refractivity contribution >= 4 is 17.4 Å². The largest absolute Gasteiger partial charge is 0.478 e. The zero-order valence-corrected chi connectivity index (χ0v) is 11.7. The molecule has 0 saturated heterocycles. The summed E-state index contributed by atoms with van der Waals surface area (Å²) in [4.78, 5) is 8.20. The lowest BCUT2D eigenvalue weighted by Crippen LogP contribution is -2.08. The van der Waals surface area contributed by atoms with Gasteiger partial charge in [-0.2, -0.15) is 0 Å². The highest BCUT2D eigenvalue weighted by molar-refractivity contribution is 6.30. The lowest BCUT2D eigenvalue weighted by molar-refractivity contribution is 0.326. The Balaban J connectivity index is 2.10. The van der Waals surface area contributed by atoms with Crippen molar-refractivity contribution in [2.24, 2.45) is 0 Å². The molecule has 1 heterocycles. The van der Waals surface area contributed by atoms with E-state index in [9.17, 15) is 0 Å². The predicted molar refractivity (Wildman–Crippen MR) is 76.7 cm³/mol. The number of benzene rings is 1. The second kappa shape index (κ2) is 6.38. The van der Waals surface area contributed by atoms with Gasteiger partial charge in [0.05, 0.1) is 6.61 Å². The fourth-order valence-corrected chi connectivity index (χ4v) is 1.93. The first-order chi connectivity index (χ1) is 9.19. The van der Waals surface area contributed by atoms with Crippen LogP contribution in [0.15, 0.2) is 36.7 Å². The van der Waals surface area contributed by atoms with E-state index in [2.05, 4.69) is 15.3 Å². The minimum Gasteiger partial charge on any atom is -0.478 e. The average Bonchev–Trinajstić information content (AvgIpc) is 2.39. The number of hydrogen-bond acceptors (Lipinski definition) is 4. The molecule has 1 atom stereocenters. The molecule has 0 bridgehead atoms. The maximum atomic E-state index is 5.98. The van der Waals surface area contributed by atoms with Gasteiger partial charge in [-0.3, -0.25) is 0 Å². The molecule has 4 nitrogen and oxygen atoms in total. The van der Waals surface area contributed by atoms with Crippen molar-refractivity contribution in [3.05, 3.63) is 47.2 Å². The summed E-state index contributed by atoms with van der Waals surface area (Å²) >= 11 is 5.98. The molecule has 1 unspecified atom stereocenters. The molecule has 0 radical (unpaired) electrons. The second-order valence-corrected chi connectivity index (χ2v) is 4.53. The highest BCUT2D eigenvalue weighted by atomic mass is 35.5. The molecule has 1 aromatic heterocycles. The third-order valence-electron chi connectivity index (χ3n) is 2.65. The van der Waals surface area contributed by atoms with Crippen molar-refractivity contribution in [1.29, 1.82) is 0 Å². The Morgan fingerprint density at radius 1 is 1.32 bits per heavy atom. The lowest BCUT2D eigenvalue weighted by Gasteiger charge is -2.15. The van der Waals surface area contributed by atoms with Crippen molar-refractivity contribution in [3.8, 4) is 5.88 Å². The first-order valence-electron chi connectivity index (χ1n) is 6.16. The SMILES string of the molecule is CCOc1cc(NC(C)c2cccc(Cl)c2)ncn1. The summed E-state index contributed by atoms with van der Waals surface area (Å²) in [6.45, 7) is 4.55. The summed E-state index contributed by atoms with van der Waals surface area (Å²) in [5.41, 5.74) is 1.10. The number of rotatable bonds is 5. The summed E-state index contributed by atoms with van der Waals surface area (Å²) in [7, 11) is 0. The van der Waals surface area contributed by atoms with Crippen molar-refractivity contribution in [2.75, 3.05) is 11.9 Å². The first-order valence-corrected chi connectivity index (χ1v) is 6.53. The smallest absolute Gasteiger partial charge is 0.218 e. The minimum absolute atomic E-state index is 0.100. The molecular formula is C14H16ClN3O. The monoisotopic (exact) mass is 277 g/mol. The van der Waals surface area contributed by atoms with E-state index < -0.39 is 0 Å². The van der Waals surface area contributed by atoms with Gasteiger partial charge in [-0.1, -0.05) is 23.7 Å². The minimum atomic E-state index is 0.100. The van der Waals surface area contributed by atoms with Gasteiger partial charge >= 0.3 is 0 Å². The van der Waals surface area contributed by atoms with Crippen LogP contribution >= 0.6 is 11.6 Å². The molecule has 100 valence electrons. The molecule has 0 fully saturated rings. The Morgan fingerprint density at radius 3 is 2.89 bits per heavy atom. The van der Waals surface area contributed by atoms with Gasteiger partial charge in [0.25, 0.3) is 0 Å². The van der Waals surface area contributed by atoms with Gasteiger partial charge < -0.3 is 10.1 Å². The van der Waals surface area contributed by atoms with Crippen molar-refractivity contribution < 1.29 is 4.74 Å². The maximum absolute atomic E-state index is 5.98. The standard InChI is InChI=1S/C14H16ClN3O/c1-3-19-14-8-13(16-9-17-14)18-10(2)11-5-4-6-12(15)7-11/h4-10H,3H2,1-2H3,(H,16,17,18). The normalized spacial score (nSPS) is 11.9. The van der Waals surface area contributed by atoms with Crippen LogP contribution in [0.3, 0.4) is 0 Å². The topological polar surface area (TPSA) is 47.0 Å². The van der Waals surface area contributed by atoms with E-state index in [4.69, 9.17) is 16.3 Å². The van der Waals surface area contributed by atoms with Crippen molar-refractivity contribution in [1.82, 2.24) is 9.97 Å². The quantitative estimate of drug-likeness (QED) is 0.905. The van der Waals surface area contributed by atoms with E-state index in [1.807, 2.05) is 38.1 Å². The molecule has 19 heavy (non-hydrogen) atoms. The molecule has 0 saturated carbocycles. The molecule has 1 N–H and O–H groups in total. The molecule has 2 rings (SSSR count). The van der Waals surface area contributed by atoms with Gasteiger partial charge in [-0.15, -0.1) is 0 Å². The van der Waals surface area contributed by atoms with Crippen LogP contribution in [0.5, 0.6) is 5.88 Å². The van der Waals surface area contributed by atoms with Gasteiger partial charge in [-0.25, -0.2) is 9.97 Å². The molecule has 0 spiro atoms. The molecule has 2 aromatic rings. The Morgan fingerprint density at radius 2 is 2.16 bits per heavy atom. The van der Waals surface area contributed by atoms with Crippen molar-refractivity contribution in [2.45, 2.75) is 19.9 Å². The van der Waals surface area contributed by atoms with Crippen LogP contribution < -0.4 is 10.1 Å². The highest BCUT2D eigenvalue weighted by Gasteiger charge is 2.07. The van der Waals surface area contributed by atoms with Crippen LogP contribution in [0.25, 0.3) is 0 Å². The van der Waals surface area contributed by atoms with Crippen LogP contribution in [0.1, 0.15) is 25.5 Å². The summed E-state index contributed by atoms with van der Waals surface area (Å²) in [6.07, 6.45) is 1.48. The Kier molecular flexibility index (Phi) is 4.58. The van der Waals surface area contributed by atoms with E-state index >= 15 is 0 Å². The fraction of sp³-hybridized carbons (Fsp3) is 0.286. The van der Waals surface area contributed by atoms with Crippen LogP contribution in [0.2, 0.25) is 5.02 Å². The molecule has 0 aliphatic rings. The zero-order chi connectivity index (χ0) is 13.7. The number of nitrogens with zero attached hydrogens (tertiary/aromatic N) is 2. The third-order valence-corrected chi connectivity index (χ3v) is 2.88. The Bertz CT molecular complexity index is 548. The fourth-order valence-electron chi connectivity index (χ4n) is 1.73. The van der Waals surface area contributed by atoms with Gasteiger partial charge in [-0.05, 0) is 31.5 Å². The number of aromatic nitrogens is 2. The number of halogens is 1. The molecular weight excluding hydrogens is 262 g/mol. The zero-order valence-electron chi connectivity index (χ0n) is 10.9. The number of hydrogen-bond donors (Lipinski definition) is 1. The van der Waals surface area contributed by atoms with E-state index in [0.29, 0.717) is 12.5 Å². The van der Waals surface area contributed by atoms with Gasteiger partial charge in [0.1, 0.15) is 12.1 Å². The van der Waals surface area contributed by atoms with Gasteiger partial charge in [0, 0.05) is 17.1 Å². The van der Waals surface area contributed by atoms with Crippen LogP contribution in [-0.4, -0.2) is 16.6 Å². The van der Waals surface area contributed by atoms with Crippen LogP contribution in [0.4, 0.5) is 5.82 Å². The van der Waals surface area contributed by atoms with E-state index in [0.717, 1.165) is 16.4 Å². The Labute approximate surface area is 117 Å². The first kappa shape index (κ1) is 13.6. The number of anilines is 1. The van der Waals surface area contributed by atoms with E-state index in [-0.39, 0.29) is 6.04 Å². The molecule has 1 aromatic carbocycles. The van der Waals surface area contributed by atoms with E-state index in [1.54, 1.807) is 6.07 Å². The van der Waals surface area contributed by atoms with Gasteiger partial charge in [0.15, 0.2) is 0 Å². The second-order valence-electron chi connectivity index (χ2n) is 4.10. The molecule has 0 aliphatic heterocycles. The summed E-state index contributed by atoms with van der Waals surface area (Å²) in [5.74, 6) is 1.30.